The van der Waals surface area contributed by atoms with Gasteiger partial charge in [-0.3, -0.25) is 14.6 Å². The van der Waals surface area contributed by atoms with Crippen LogP contribution in [0.2, 0.25) is 0 Å². The topological polar surface area (TPSA) is 116 Å². The SMILES string of the molecule is O=C1C(OCc2cccnc2)=CC=C2Cc3nc4c(nc3=C12)N(OC(=O)C(F)(F)F)ON=4. The van der Waals surface area contributed by atoms with Crippen molar-refractivity contribution in [3.05, 3.63) is 70.1 Å². The van der Waals surface area contributed by atoms with Crippen LogP contribution in [0.3, 0.4) is 0 Å². The fourth-order valence-electron chi connectivity index (χ4n) is 3.21. The number of carbonyl (C=O) groups is 2. The number of ether oxygens (including phenoxy) is 1. The number of allylic oxidation sites excluding steroid dienone is 4. The van der Waals surface area contributed by atoms with Gasteiger partial charge in [0.05, 0.1) is 16.6 Å². The van der Waals surface area contributed by atoms with E-state index in [1.165, 1.54) is 6.08 Å². The zero-order valence-electron chi connectivity index (χ0n) is 15.8. The molecule has 0 N–H and O–H groups in total. The summed E-state index contributed by atoms with van der Waals surface area (Å²) in [6.07, 6.45) is 1.41. The zero-order valence-corrected chi connectivity index (χ0v) is 15.8. The van der Waals surface area contributed by atoms with Gasteiger partial charge in [-0.25, -0.2) is 19.7 Å². The predicted molar refractivity (Wildman–Crippen MR) is 95.8 cm³/mol. The van der Waals surface area contributed by atoms with E-state index in [1.54, 1.807) is 30.6 Å². The molecule has 32 heavy (non-hydrogen) atoms. The van der Waals surface area contributed by atoms with E-state index in [4.69, 9.17) is 4.74 Å². The Kier molecular flexibility index (Phi) is 4.39. The summed E-state index contributed by atoms with van der Waals surface area (Å²) in [5.41, 5.74) is 1.74. The molecular formula is C19H10F3N5O5. The van der Waals surface area contributed by atoms with Crippen molar-refractivity contribution in [2.24, 2.45) is 5.16 Å². The van der Waals surface area contributed by atoms with Gasteiger partial charge in [0, 0.05) is 29.6 Å². The minimum absolute atomic E-state index is 0.0593. The number of Topliss-reactive ketones (excluding diaryl/α,β-unsaturated/α-hetero) is 1. The summed E-state index contributed by atoms with van der Waals surface area (Å²) in [6, 6.07) is 3.52. The largest absolute Gasteiger partial charge is 0.493 e. The average Bonchev–Trinajstić information content (AvgIpc) is 3.32. The summed E-state index contributed by atoms with van der Waals surface area (Å²) < 4.78 is 43.1. The number of carbonyl (C=O) groups excluding carboxylic acids is 2. The first kappa shape index (κ1) is 19.7. The monoisotopic (exact) mass is 445 g/mol. The van der Waals surface area contributed by atoms with E-state index in [0.717, 1.165) is 5.56 Å². The van der Waals surface area contributed by atoms with Crippen LogP contribution in [0.4, 0.5) is 19.0 Å². The van der Waals surface area contributed by atoms with Gasteiger partial charge < -0.3 is 4.74 Å². The van der Waals surface area contributed by atoms with Crippen molar-refractivity contribution in [2.75, 3.05) is 5.23 Å². The van der Waals surface area contributed by atoms with E-state index >= 15 is 0 Å². The Morgan fingerprint density at radius 3 is 2.84 bits per heavy atom. The highest BCUT2D eigenvalue weighted by atomic mass is 19.4. The molecular weight excluding hydrogens is 435 g/mol. The second-order valence-corrected chi connectivity index (χ2v) is 6.73. The molecule has 1 aliphatic heterocycles. The van der Waals surface area contributed by atoms with Crippen LogP contribution in [-0.2, 0) is 37.1 Å². The summed E-state index contributed by atoms with van der Waals surface area (Å²) in [5.74, 6) is -3.33. The number of nitrogens with zero attached hydrogens (tertiary/aromatic N) is 5. The lowest BCUT2D eigenvalue weighted by molar-refractivity contribution is -0.214. The van der Waals surface area contributed by atoms with Gasteiger partial charge >= 0.3 is 12.1 Å². The molecule has 0 spiro atoms. The molecule has 13 heteroatoms. The van der Waals surface area contributed by atoms with E-state index < -0.39 is 23.7 Å². The van der Waals surface area contributed by atoms with Gasteiger partial charge in [0.15, 0.2) is 5.76 Å². The Morgan fingerprint density at radius 1 is 1.25 bits per heavy atom. The van der Waals surface area contributed by atoms with Gasteiger partial charge in [-0.05, 0) is 22.9 Å². The van der Waals surface area contributed by atoms with Crippen LogP contribution >= 0.6 is 0 Å². The third kappa shape index (κ3) is 3.33. The second-order valence-electron chi connectivity index (χ2n) is 6.73. The van der Waals surface area contributed by atoms with E-state index in [2.05, 4.69) is 29.9 Å². The van der Waals surface area contributed by atoms with Gasteiger partial charge in [0.2, 0.25) is 11.3 Å². The van der Waals surface area contributed by atoms with Crippen LogP contribution in [0.25, 0.3) is 5.57 Å². The smallest absolute Gasteiger partial charge is 0.485 e. The Bertz CT molecular complexity index is 1340. The number of aromatic nitrogens is 3. The highest BCUT2D eigenvalue weighted by Crippen LogP contribution is 2.29. The summed E-state index contributed by atoms with van der Waals surface area (Å²) >= 11 is 0. The molecule has 2 aromatic rings. The molecule has 10 nitrogen and oxygen atoms in total. The molecule has 0 unspecified atom stereocenters. The molecule has 2 aromatic heterocycles. The van der Waals surface area contributed by atoms with Gasteiger partial charge in [0.1, 0.15) is 6.61 Å². The Hall–Kier alpha value is -4.29. The molecule has 3 aliphatic rings. The normalized spacial score (nSPS) is 16.3. The van der Waals surface area contributed by atoms with Crippen LogP contribution < -0.4 is 16.1 Å². The van der Waals surface area contributed by atoms with Crippen molar-refractivity contribution >= 4 is 23.1 Å². The lowest BCUT2D eigenvalue weighted by atomic mass is 9.98. The number of halogens is 3. The van der Waals surface area contributed by atoms with Gasteiger partial charge in [-0.1, -0.05) is 12.1 Å². The Balaban J connectivity index is 1.46. The Labute approximate surface area is 175 Å². The lowest BCUT2D eigenvalue weighted by Gasteiger charge is -2.14. The van der Waals surface area contributed by atoms with Crippen molar-refractivity contribution in [1.82, 2.24) is 15.0 Å². The molecule has 0 bridgehead atoms. The molecule has 0 amide bonds. The molecule has 162 valence electrons. The first-order chi connectivity index (χ1) is 15.3. The maximum Gasteiger partial charge on any atom is 0.493 e. The number of fused-ring (bicyclic) bond motifs is 3. The number of alkyl halides is 3. The Morgan fingerprint density at radius 2 is 2.09 bits per heavy atom. The third-order valence-corrected chi connectivity index (χ3v) is 4.62. The first-order valence-corrected chi connectivity index (χ1v) is 9.04. The van der Waals surface area contributed by atoms with E-state index in [-0.39, 0.29) is 40.4 Å². The number of pyridine rings is 1. The van der Waals surface area contributed by atoms with E-state index in [9.17, 15) is 22.8 Å². The number of anilines is 1. The van der Waals surface area contributed by atoms with Crippen molar-refractivity contribution in [3.63, 3.8) is 0 Å². The summed E-state index contributed by atoms with van der Waals surface area (Å²) in [4.78, 5) is 45.2. The zero-order chi connectivity index (χ0) is 22.5. The molecule has 3 heterocycles. The van der Waals surface area contributed by atoms with Crippen LogP contribution in [0.1, 0.15) is 11.3 Å². The number of hydrogen-bond donors (Lipinski definition) is 0. The minimum Gasteiger partial charge on any atom is -0.485 e. The summed E-state index contributed by atoms with van der Waals surface area (Å²) in [7, 11) is 0. The van der Waals surface area contributed by atoms with Crippen LogP contribution in [0.5, 0.6) is 0 Å². The number of rotatable bonds is 4. The van der Waals surface area contributed by atoms with E-state index in [0.29, 0.717) is 11.3 Å². The molecule has 0 atom stereocenters. The van der Waals surface area contributed by atoms with Crippen LogP contribution in [0.15, 0.2) is 53.2 Å². The fourth-order valence-corrected chi connectivity index (χ4v) is 3.21. The van der Waals surface area contributed by atoms with Crippen LogP contribution in [-0.4, -0.2) is 32.9 Å². The average molecular weight is 445 g/mol. The van der Waals surface area contributed by atoms with Gasteiger partial charge in [-0.2, -0.15) is 13.2 Å². The molecule has 0 saturated carbocycles. The molecule has 0 saturated heterocycles. The predicted octanol–water partition coefficient (Wildman–Crippen LogP) is 0.495. The molecule has 0 fully saturated rings. The fraction of sp³-hybridized carbons (Fsp3) is 0.158. The standard InChI is InChI=1S/C19H10F3N5O5/c20-19(21,22)18(29)31-27-17-16(26-32-27)24-11-6-10-3-4-12(15(28)13(10)14(11)25-17)30-8-9-2-1-5-23-7-9/h1-5,7H,6,8H2. The highest BCUT2D eigenvalue weighted by Gasteiger charge is 2.44. The molecule has 2 aliphatic carbocycles. The van der Waals surface area contributed by atoms with Crippen molar-refractivity contribution in [3.8, 4) is 0 Å². The summed E-state index contributed by atoms with van der Waals surface area (Å²) in [6.45, 7) is 0.110. The molecule has 0 aromatic carbocycles. The van der Waals surface area contributed by atoms with Crippen molar-refractivity contribution < 1.29 is 37.3 Å². The maximum atomic E-state index is 13.0. The first-order valence-electron chi connectivity index (χ1n) is 9.04. The van der Waals surface area contributed by atoms with Crippen molar-refractivity contribution in [2.45, 2.75) is 19.2 Å². The van der Waals surface area contributed by atoms with Gasteiger partial charge in [0.25, 0.3) is 5.82 Å². The van der Waals surface area contributed by atoms with E-state index in [1.807, 2.05) is 0 Å². The maximum absolute atomic E-state index is 13.0. The molecule has 0 radical (unpaired) electrons. The number of ketones is 1. The molecule has 5 rings (SSSR count). The third-order valence-electron chi connectivity index (χ3n) is 4.62. The quantitative estimate of drug-likeness (QED) is 0.663. The highest BCUT2D eigenvalue weighted by molar-refractivity contribution is 6.29. The summed E-state index contributed by atoms with van der Waals surface area (Å²) in [5, 5.41) is 3.67. The second kappa shape index (κ2) is 7.14. The van der Waals surface area contributed by atoms with Crippen molar-refractivity contribution in [1.29, 1.82) is 0 Å². The van der Waals surface area contributed by atoms with Gasteiger partial charge in [-0.15, -0.1) is 0 Å². The number of hydrogen-bond acceptors (Lipinski definition) is 10. The van der Waals surface area contributed by atoms with Crippen LogP contribution in [0, 0.1) is 0 Å². The minimum atomic E-state index is -5.26. The lowest BCUT2D eigenvalue weighted by Crippen LogP contribution is -2.36.